The molecule has 3 heteroatoms. The van der Waals surface area contributed by atoms with Gasteiger partial charge < -0.3 is 0 Å². The molecule has 0 radical (unpaired) electrons. The molecule has 34 valence electrons. The lowest BCUT2D eigenvalue weighted by molar-refractivity contribution is 1.74. The van der Waals surface area contributed by atoms with Crippen molar-refractivity contribution in [3.63, 3.8) is 0 Å². The Bertz CT molecular complexity index is 57.2. The second-order valence-corrected chi connectivity index (χ2v) is 0.869. The van der Waals surface area contributed by atoms with E-state index in [9.17, 15) is 0 Å². The van der Waals surface area contributed by atoms with E-state index in [1.165, 1.54) is 6.34 Å². The van der Waals surface area contributed by atoms with E-state index in [1.807, 2.05) is 6.92 Å². The Morgan fingerprint density at radius 3 is 2.50 bits per heavy atom. The van der Waals surface area contributed by atoms with Crippen LogP contribution in [0, 0.1) is 0 Å². The third-order valence-corrected chi connectivity index (χ3v) is 0.371. The molecule has 0 saturated carbocycles. The summed E-state index contributed by atoms with van der Waals surface area (Å²) in [7, 11) is 0. The third-order valence-electron chi connectivity index (χ3n) is 0.267. The van der Waals surface area contributed by atoms with E-state index >= 15 is 0 Å². The average molecular weight is 102 g/mol. The highest BCUT2D eigenvalue weighted by atomic mass is 32.1. The summed E-state index contributed by atoms with van der Waals surface area (Å²) >= 11 is 3.51. The monoisotopic (exact) mass is 102 g/mol. The Morgan fingerprint density at radius 1 is 1.67 bits per heavy atom. The van der Waals surface area contributed by atoms with Gasteiger partial charge in [-0.25, -0.2) is 9.39 Å². The molecule has 0 aliphatic heterocycles. The molecule has 0 unspecified atom stereocenters. The molecule has 0 aromatic heterocycles. The standard InChI is InChI=1S/C3H6N2S/c1-2-4-3-5-6/h2-3,6H,1H3/b4-2-,5-3-. The van der Waals surface area contributed by atoms with Gasteiger partial charge in [0.2, 0.25) is 0 Å². The molecule has 6 heavy (non-hydrogen) atoms. The van der Waals surface area contributed by atoms with Gasteiger partial charge in [0.15, 0.2) is 0 Å². The Kier molecular flexibility index (Phi) is 4.45. The second kappa shape index (κ2) is 4.69. The number of hydrogen-bond donors (Lipinski definition) is 1. The van der Waals surface area contributed by atoms with Crippen LogP contribution in [0.15, 0.2) is 9.39 Å². The smallest absolute Gasteiger partial charge is 0.122 e. The summed E-state index contributed by atoms with van der Waals surface area (Å²) in [6, 6.07) is 0. The maximum absolute atomic E-state index is 3.60. The fraction of sp³-hybridized carbons (Fsp3) is 0.333. The molecule has 0 heterocycles. The van der Waals surface area contributed by atoms with Crippen molar-refractivity contribution in [3.8, 4) is 0 Å². The number of hydrogen-bond acceptors (Lipinski definition) is 2. The number of aliphatic imine (C=N–C) groups is 1. The topological polar surface area (TPSA) is 24.7 Å². The van der Waals surface area contributed by atoms with Crippen molar-refractivity contribution in [3.05, 3.63) is 0 Å². The van der Waals surface area contributed by atoms with Crippen LogP contribution in [-0.4, -0.2) is 12.6 Å². The van der Waals surface area contributed by atoms with Crippen molar-refractivity contribution in [2.24, 2.45) is 9.39 Å². The van der Waals surface area contributed by atoms with Crippen molar-refractivity contribution in [1.82, 2.24) is 0 Å². The van der Waals surface area contributed by atoms with E-state index in [0.29, 0.717) is 0 Å². The van der Waals surface area contributed by atoms with E-state index < -0.39 is 0 Å². The minimum Gasteiger partial charge on any atom is -0.249 e. The molecule has 0 bridgehead atoms. The number of thiol groups is 1. The third kappa shape index (κ3) is 3.69. The summed E-state index contributed by atoms with van der Waals surface area (Å²) in [5.41, 5.74) is 0. The summed E-state index contributed by atoms with van der Waals surface area (Å²) in [6.07, 6.45) is 3.00. The summed E-state index contributed by atoms with van der Waals surface area (Å²) in [5, 5.41) is 0. The Morgan fingerprint density at radius 2 is 2.33 bits per heavy atom. The van der Waals surface area contributed by atoms with E-state index in [-0.39, 0.29) is 0 Å². The van der Waals surface area contributed by atoms with Crippen LogP contribution in [0.5, 0.6) is 0 Å². The van der Waals surface area contributed by atoms with E-state index in [4.69, 9.17) is 0 Å². The minimum absolute atomic E-state index is 1.36. The summed E-state index contributed by atoms with van der Waals surface area (Å²) in [5.74, 6) is 0. The van der Waals surface area contributed by atoms with Crippen molar-refractivity contribution in [2.75, 3.05) is 0 Å². The highest BCUT2D eigenvalue weighted by Crippen LogP contribution is 1.66. The highest BCUT2D eigenvalue weighted by Gasteiger charge is 1.49. The predicted molar refractivity (Wildman–Crippen MR) is 31.6 cm³/mol. The molecule has 0 aromatic carbocycles. The molecule has 0 aromatic rings. The van der Waals surface area contributed by atoms with E-state index in [1.54, 1.807) is 6.21 Å². The molecule has 0 spiro atoms. The first-order valence-corrected chi connectivity index (χ1v) is 1.95. The fourth-order valence-electron chi connectivity index (χ4n) is 0.0965. The van der Waals surface area contributed by atoms with Crippen molar-refractivity contribution < 1.29 is 0 Å². The Labute approximate surface area is 42.6 Å². The van der Waals surface area contributed by atoms with Gasteiger partial charge in [0.05, 0.1) is 0 Å². The molecule has 0 atom stereocenters. The van der Waals surface area contributed by atoms with Crippen molar-refractivity contribution in [1.29, 1.82) is 0 Å². The quantitative estimate of drug-likeness (QED) is 0.290. The maximum Gasteiger partial charge on any atom is 0.122 e. The number of rotatable bonds is 1. The highest BCUT2D eigenvalue weighted by molar-refractivity contribution is 7.78. The molecular formula is C3H6N2S. The zero-order valence-electron chi connectivity index (χ0n) is 3.50. The predicted octanol–water partition coefficient (Wildman–Crippen LogP) is 0.950. The summed E-state index contributed by atoms with van der Waals surface area (Å²) < 4.78 is 3.30. The molecule has 0 rings (SSSR count). The fourth-order valence-corrected chi connectivity index (χ4v) is 0.156. The molecule has 0 amide bonds. The summed E-state index contributed by atoms with van der Waals surface area (Å²) in [6.45, 7) is 1.81. The van der Waals surface area contributed by atoms with Crippen LogP contribution in [-0.2, 0) is 0 Å². The zero-order chi connectivity index (χ0) is 4.83. The Hall–Kier alpha value is -0.310. The molecule has 0 aliphatic carbocycles. The zero-order valence-corrected chi connectivity index (χ0v) is 4.39. The van der Waals surface area contributed by atoms with Crippen LogP contribution in [0.25, 0.3) is 0 Å². The molecule has 0 fully saturated rings. The van der Waals surface area contributed by atoms with Crippen LogP contribution >= 0.6 is 12.8 Å². The van der Waals surface area contributed by atoms with Crippen LogP contribution in [0.3, 0.4) is 0 Å². The van der Waals surface area contributed by atoms with Crippen LogP contribution in [0.2, 0.25) is 0 Å². The second-order valence-electron chi connectivity index (χ2n) is 0.638. The number of nitrogens with zero attached hydrogens (tertiary/aromatic N) is 2. The van der Waals surface area contributed by atoms with Crippen molar-refractivity contribution in [2.45, 2.75) is 6.92 Å². The van der Waals surface area contributed by atoms with Crippen LogP contribution < -0.4 is 0 Å². The molecule has 0 N–H and O–H groups in total. The average Bonchev–Trinajstić information content (AvgIpc) is 1.61. The lowest BCUT2D eigenvalue weighted by Crippen LogP contribution is -1.58. The minimum atomic E-state index is 1.36. The van der Waals surface area contributed by atoms with Gasteiger partial charge in [-0.05, 0) is 19.7 Å². The molecule has 0 saturated heterocycles. The first kappa shape index (κ1) is 5.69. The maximum atomic E-state index is 3.60. The molecule has 0 aliphatic rings. The lowest BCUT2D eigenvalue weighted by atomic mass is 10.9. The van der Waals surface area contributed by atoms with Gasteiger partial charge in [0.1, 0.15) is 6.34 Å². The molecular weight excluding hydrogens is 96.1 g/mol. The molecule has 2 nitrogen and oxygen atoms in total. The van der Waals surface area contributed by atoms with Gasteiger partial charge in [0.25, 0.3) is 0 Å². The van der Waals surface area contributed by atoms with E-state index in [0.717, 1.165) is 0 Å². The van der Waals surface area contributed by atoms with Gasteiger partial charge in [0, 0.05) is 6.21 Å². The summed E-state index contributed by atoms with van der Waals surface area (Å²) in [4.78, 5) is 3.60. The van der Waals surface area contributed by atoms with E-state index in [2.05, 4.69) is 22.2 Å². The van der Waals surface area contributed by atoms with Gasteiger partial charge in [-0.1, -0.05) is 0 Å². The van der Waals surface area contributed by atoms with Gasteiger partial charge in [-0.3, -0.25) is 0 Å². The SMILES string of the molecule is C/C=N\C=N/S. The first-order chi connectivity index (χ1) is 2.91. The van der Waals surface area contributed by atoms with Crippen molar-refractivity contribution >= 4 is 25.4 Å². The first-order valence-electron chi connectivity index (χ1n) is 1.55. The van der Waals surface area contributed by atoms with Gasteiger partial charge in [-0.2, -0.15) is 0 Å². The van der Waals surface area contributed by atoms with Gasteiger partial charge in [-0.15, -0.1) is 0 Å². The largest absolute Gasteiger partial charge is 0.249 e. The van der Waals surface area contributed by atoms with Crippen LogP contribution in [0.4, 0.5) is 0 Å². The van der Waals surface area contributed by atoms with Gasteiger partial charge >= 0.3 is 0 Å². The normalized spacial score (nSPS) is 11.7. The Balaban J connectivity index is 3.07. The lowest BCUT2D eigenvalue weighted by Gasteiger charge is -1.63. The van der Waals surface area contributed by atoms with Crippen LogP contribution in [0.1, 0.15) is 6.92 Å².